The maximum atomic E-state index is 12.5. The minimum Gasteiger partial charge on any atom is -0.345 e. The first kappa shape index (κ1) is 18.6. The minimum atomic E-state index is -3.65. The number of benzene rings is 1. The molecule has 1 heterocycles. The summed E-state index contributed by atoms with van der Waals surface area (Å²) in [5.74, 6) is 0.388. The Kier molecular flexibility index (Phi) is 5.43. The van der Waals surface area contributed by atoms with Crippen molar-refractivity contribution in [2.45, 2.75) is 36.6 Å². The van der Waals surface area contributed by atoms with Crippen LogP contribution in [0.2, 0.25) is 0 Å². The molecule has 0 spiro atoms. The first-order valence-electron chi connectivity index (χ1n) is 8.71. The van der Waals surface area contributed by atoms with Gasteiger partial charge in [-0.15, -0.1) is 0 Å². The lowest BCUT2D eigenvalue weighted by molar-refractivity contribution is 0.0827. The predicted octanol–water partition coefficient (Wildman–Crippen LogP) is 1.83. The Morgan fingerprint density at radius 1 is 1.31 bits per heavy atom. The van der Waals surface area contributed by atoms with Crippen molar-refractivity contribution in [3.8, 4) is 0 Å². The van der Waals surface area contributed by atoms with Gasteiger partial charge >= 0.3 is 0 Å². The van der Waals surface area contributed by atoms with Crippen molar-refractivity contribution in [2.75, 3.05) is 20.6 Å². The maximum Gasteiger partial charge on any atom is 0.253 e. The summed E-state index contributed by atoms with van der Waals surface area (Å²) in [4.78, 5) is 13.5. The lowest BCUT2D eigenvalue weighted by Gasteiger charge is -2.12. The molecule has 8 heteroatoms. The van der Waals surface area contributed by atoms with Crippen molar-refractivity contribution in [3.63, 3.8) is 0 Å². The number of aryl methyl sites for hydroxylation is 1. The molecule has 1 aliphatic carbocycles. The zero-order valence-electron chi connectivity index (χ0n) is 15.1. The lowest BCUT2D eigenvalue weighted by Crippen LogP contribution is -2.27. The molecule has 0 bridgehead atoms. The third kappa shape index (κ3) is 4.31. The van der Waals surface area contributed by atoms with E-state index in [0.29, 0.717) is 31.0 Å². The van der Waals surface area contributed by atoms with Gasteiger partial charge in [-0.25, -0.2) is 13.1 Å². The standard InChI is InChI=1S/C18H24N4O3S/c1-21(2)18(23)15-5-3-6-16(13-15)26(24,25)20-10-4-12-22-17(9-11-19-22)14-7-8-14/h3,5-6,9,11,13-14,20H,4,7-8,10,12H2,1-2H3. The van der Waals surface area contributed by atoms with Crippen molar-refractivity contribution in [1.82, 2.24) is 19.4 Å². The number of hydrogen-bond donors (Lipinski definition) is 1. The van der Waals surface area contributed by atoms with Crippen LogP contribution in [0.5, 0.6) is 0 Å². The Balaban J connectivity index is 1.58. The smallest absolute Gasteiger partial charge is 0.253 e. The minimum absolute atomic E-state index is 0.1000. The van der Waals surface area contributed by atoms with Crippen molar-refractivity contribution in [1.29, 1.82) is 0 Å². The van der Waals surface area contributed by atoms with Gasteiger partial charge < -0.3 is 4.90 Å². The molecule has 140 valence electrons. The fourth-order valence-electron chi connectivity index (χ4n) is 2.83. The maximum absolute atomic E-state index is 12.5. The number of amides is 1. The molecule has 1 aromatic heterocycles. The highest BCUT2D eigenvalue weighted by Crippen LogP contribution is 2.39. The Bertz CT molecular complexity index is 885. The molecule has 7 nitrogen and oxygen atoms in total. The molecule has 1 aromatic carbocycles. The molecule has 0 radical (unpaired) electrons. The molecule has 1 amide bonds. The second-order valence-electron chi connectivity index (χ2n) is 6.73. The van der Waals surface area contributed by atoms with E-state index in [-0.39, 0.29) is 10.8 Å². The van der Waals surface area contributed by atoms with Crippen molar-refractivity contribution in [3.05, 3.63) is 47.8 Å². The van der Waals surface area contributed by atoms with Crippen LogP contribution in [-0.2, 0) is 16.6 Å². The molecular formula is C18H24N4O3S. The van der Waals surface area contributed by atoms with E-state index in [1.54, 1.807) is 32.4 Å². The fourth-order valence-corrected chi connectivity index (χ4v) is 3.95. The van der Waals surface area contributed by atoms with Gasteiger partial charge in [0.1, 0.15) is 0 Å². The van der Waals surface area contributed by atoms with Gasteiger partial charge in [-0.1, -0.05) is 6.07 Å². The Morgan fingerprint density at radius 2 is 2.08 bits per heavy atom. The number of aromatic nitrogens is 2. The molecule has 0 atom stereocenters. The molecule has 1 fully saturated rings. The summed E-state index contributed by atoms with van der Waals surface area (Å²) in [6, 6.07) is 8.13. The van der Waals surface area contributed by atoms with E-state index in [4.69, 9.17) is 0 Å². The van der Waals surface area contributed by atoms with Gasteiger partial charge in [0, 0.05) is 50.6 Å². The predicted molar refractivity (Wildman–Crippen MR) is 98.5 cm³/mol. The van der Waals surface area contributed by atoms with Crippen LogP contribution in [-0.4, -0.2) is 49.6 Å². The molecule has 3 rings (SSSR count). The average molecular weight is 376 g/mol. The summed E-state index contributed by atoms with van der Waals surface area (Å²) in [5, 5.41) is 4.31. The largest absolute Gasteiger partial charge is 0.345 e. The summed E-state index contributed by atoms with van der Waals surface area (Å²) in [7, 11) is -0.384. The first-order valence-corrected chi connectivity index (χ1v) is 10.2. The van der Waals surface area contributed by atoms with Gasteiger partial charge in [-0.3, -0.25) is 9.48 Å². The Morgan fingerprint density at radius 3 is 2.77 bits per heavy atom. The third-order valence-corrected chi connectivity index (χ3v) is 5.84. The van der Waals surface area contributed by atoms with Crippen molar-refractivity contribution < 1.29 is 13.2 Å². The number of carbonyl (C=O) groups is 1. The van der Waals surface area contributed by atoms with Crippen LogP contribution in [0.4, 0.5) is 0 Å². The molecule has 0 aliphatic heterocycles. The molecule has 1 saturated carbocycles. The number of sulfonamides is 1. The van der Waals surface area contributed by atoms with Gasteiger partial charge in [0.25, 0.3) is 5.91 Å². The highest BCUT2D eigenvalue weighted by Gasteiger charge is 2.26. The van der Waals surface area contributed by atoms with Crippen molar-refractivity contribution >= 4 is 15.9 Å². The highest BCUT2D eigenvalue weighted by atomic mass is 32.2. The van der Waals surface area contributed by atoms with Gasteiger partial charge in [0.05, 0.1) is 4.90 Å². The monoisotopic (exact) mass is 376 g/mol. The van der Waals surface area contributed by atoms with Crippen LogP contribution >= 0.6 is 0 Å². The normalized spacial score (nSPS) is 14.4. The van der Waals surface area contributed by atoms with E-state index in [1.807, 2.05) is 10.7 Å². The van der Waals surface area contributed by atoms with Gasteiger partial charge in [0.2, 0.25) is 10.0 Å². The Labute approximate surface area is 154 Å². The van der Waals surface area contributed by atoms with Gasteiger partial charge in [0.15, 0.2) is 0 Å². The van der Waals surface area contributed by atoms with E-state index in [1.165, 1.54) is 35.6 Å². The SMILES string of the molecule is CN(C)C(=O)c1cccc(S(=O)(=O)NCCCn2nccc2C2CC2)c1. The van der Waals surface area contributed by atoms with E-state index >= 15 is 0 Å². The van der Waals surface area contributed by atoms with Gasteiger partial charge in [-0.05, 0) is 43.5 Å². The summed E-state index contributed by atoms with van der Waals surface area (Å²) in [6.45, 7) is 0.999. The number of nitrogens with zero attached hydrogens (tertiary/aromatic N) is 3. The molecule has 0 unspecified atom stereocenters. The number of rotatable bonds is 8. The molecule has 0 saturated heterocycles. The fraction of sp³-hybridized carbons (Fsp3) is 0.444. The van der Waals surface area contributed by atoms with Crippen LogP contribution in [0.1, 0.15) is 41.2 Å². The molecule has 26 heavy (non-hydrogen) atoms. The molecular weight excluding hydrogens is 352 g/mol. The summed E-state index contributed by atoms with van der Waals surface area (Å²) >= 11 is 0. The second-order valence-corrected chi connectivity index (χ2v) is 8.50. The molecule has 1 aliphatic rings. The Hall–Kier alpha value is -2.19. The zero-order valence-corrected chi connectivity index (χ0v) is 15.9. The zero-order chi connectivity index (χ0) is 18.7. The van der Waals surface area contributed by atoms with E-state index in [0.717, 1.165) is 0 Å². The van der Waals surface area contributed by atoms with Crippen LogP contribution < -0.4 is 4.72 Å². The van der Waals surface area contributed by atoms with E-state index in [9.17, 15) is 13.2 Å². The summed E-state index contributed by atoms with van der Waals surface area (Å²) in [5.41, 5.74) is 1.59. The quantitative estimate of drug-likeness (QED) is 0.713. The summed E-state index contributed by atoms with van der Waals surface area (Å²) < 4.78 is 29.5. The van der Waals surface area contributed by atoms with Gasteiger partial charge in [-0.2, -0.15) is 5.10 Å². The van der Waals surface area contributed by atoms with E-state index in [2.05, 4.69) is 9.82 Å². The molecule has 1 N–H and O–H groups in total. The lowest BCUT2D eigenvalue weighted by atomic mass is 10.2. The average Bonchev–Trinajstić information content (AvgIpc) is 3.36. The van der Waals surface area contributed by atoms with Crippen LogP contribution in [0.25, 0.3) is 0 Å². The number of hydrogen-bond acceptors (Lipinski definition) is 4. The summed E-state index contributed by atoms with van der Waals surface area (Å²) in [6.07, 6.45) is 4.86. The first-order chi connectivity index (χ1) is 12.4. The van der Waals surface area contributed by atoms with E-state index < -0.39 is 10.0 Å². The number of nitrogens with one attached hydrogen (secondary N) is 1. The topological polar surface area (TPSA) is 84.3 Å². The second kappa shape index (κ2) is 7.59. The van der Waals surface area contributed by atoms with Crippen LogP contribution in [0.3, 0.4) is 0 Å². The highest BCUT2D eigenvalue weighted by molar-refractivity contribution is 7.89. The van der Waals surface area contributed by atoms with Crippen LogP contribution in [0.15, 0.2) is 41.4 Å². The molecule has 2 aromatic rings. The van der Waals surface area contributed by atoms with Crippen LogP contribution in [0, 0.1) is 0 Å². The third-order valence-electron chi connectivity index (χ3n) is 4.38. The van der Waals surface area contributed by atoms with Crippen molar-refractivity contribution in [2.24, 2.45) is 0 Å². The number of carbonyl (C=O) groups excluding carboxylic acids is 1.